The van der Waals surface area contributed by atoms with Gasteiger partial charge in [-0.3, -0.25) is 9.59 Å². The van der Waals surface area contributed by atoms with Gasteiger partial charge in [-0.1, -0.05) is 6.42 Å². The van der Waals surface area contributed by atoms with Crippen molar-refractivity contribution in [1.29, 1.82) is 0 Å². The van der Waals surface area contributed by atoms with Crippen molar-refractivity contribution in [2.75, 3.05) is 11.9 Å². The van der Waals surface area contributed by atoms with Crippen molar-refractivity contribution in [3.05, 3.63) is 29.1 Å². The molecule has 1 aromatic heterocycles. The molecular formula is C21H23NO4S. The van der Waals surface area contributed by atoms with E-state index in [9.17, 15) is 14.4 Å². The molecule has 0 radical (unpaired) electrons. The summed E-state index contributed by atoms with van der Waals surface area (Å²) in [6, 6.07) is 7.47. The Morgan fingerprint density at radius 3 is 2.63 bits per heavy atom. The van der Waals surface area contributed by atoms with Gasteiger partial charge in [0, 0.05) is 28.1 Å². The Labute approximate surface area is 162 Å². The number of ketones is 1. The number of benzene rings is 1. The molecule has 2 aliphatic rings. The molecule has 2 saturated carbocycles. The highest BCUT2D eigenvalue weighted by Gasteiger charge is 2.41. The van der Waals surface area contributed by atoms with Crippen LogP contribution in [-0.4, -0.2) is 24.3 Å². The second-order valence-corrected chi connectivity index (χ2v) is 8.55. The predicted octanol–water partition coefficient (Wildman–Crippen LogP) is 4.41. The fraction of sp³-hybridized carbons (Fsp3) is 0.476. The fourth-order valence-electron chi connectivity index (χ4n) is 4.36. The first-order chi connectivity index (χ1) is 13.0. The maximum absolute atomic E-state index is 12.7. The van der Waals surface area contributed by atoms with Crippen molar-refractivity contribution >= 4 is 44.8 Å². The van der Waals surface area contributed by atoms with E-state index < -0.39 is 0 Å². The first-order valence-electron chi connectivity index (χ1n) is 9.60. The van der Waals surface area contributed by atoms with Crippen LogP contribution in [0.5, 0.6) is 0 Å². The normalized spacial score (nSPS) is 24.6. The number of ether oxygens (including phenoxy) is 1. The third-order valence-electron chi connectivity index (χ3n) is 5.68. The molecular weight excluding hydrogens is 362 g/mol. The number of rotatable bonds is 4. The van der Waals surface area contributed by atoms with Crippen LogP contribution in [0.1, 0.15) is 48.7 Å². The van der Waals surface area contributed by atoms with Crippen molar-refractivity contribution in [3.8, 4) is 0 Å². The van der Waals surface area contributed by atoms with Gasteiger partial charge < -0.3 is 10.1 Å². The van der Waals surface area contributed by atoms with Crippen LogP contribution in [0, 0.1) is 17.8 Å². The molecule has 2 fully saturated rings. The van der Waals surface area contributed by atoms with Crippen LogP contribution in [0.25, 0.3) is 10.1 Å². The van der Waals surface area contributed by atoms with Gasteiger partial charge in [-0.15, -0.1) is 11.3 Å². The first kappa shape index (κ1) is 18.2. The van der Waals surface area contributed by atoms with Crippen molar-refractivity contribution in [2.45, 2.75) is 39.0 Å². The van der Waals surface area contributed by atoms with Gasteiger partial charge in [0.15, 0.2) is 0 Å². The van der Waals surface area contributed by atoms with E-state index in [1.54, 1.807) is 13.0 Å². The van der Waals surface area contributed by atoms with Gasteiger partial charge in [-0.05, 0) is 62.3 Å². The lowest BCUT2D eigenvalue weighted by Crippen LogP contribution is -2.40. The summed E-state index contributed by atoms with van der Waals surface area (Å²) in [5.74, 6) is 0.101. The minimum absolute atomic E-state index is 0.000374. The molecule has 1 N–H and O–H groups in total. The molecule has 27 heavy (non-hydrogen) atoms. The number of hydrogen-bond acceptors (Lipinski definition) is 5. The Morgan fingerprint density at radius 2 is 1.93 bits per heavy atom. The molecule has 2 aliphatic carbocycles. The average molecular weight is 385 g/mol. The van der Waals surface area contributed by atoms with Crippen LogP contribution >= 0.6 is 11.3 Å². The van der Waals surface area contributed by atoms with E-state index in [0.29, 0.717) is 30.1 Å². The lowest BCUT2D eigenvalue weighted by Gasteiger charge is -2.36. The number of anilines is 1. The van der Waals surface area contributed by atoms with Gasteiger partial charge in [0.25, 0.3) is 0 Å². The number of amides is 1. The van der Waals surface area contributed by atoms with Crippen LogP contribution in [0.4, 0.5) is 5.69 Å². The van der Waals surface area contributed by atoms with Gasteiger partial charge in [0.1, 0.15) is 10.7 Å². The summed E-state index contributed by atoms with van der Waals surface area (Å²) in [7, 11) is 0. The van der Waals surface area contributed by atoms with E-state index in [1.165, 1.54) is 11.3 Å². The fourth-order valence-corrected chi connectivity index (χ4v) is 5.30. The van der Waals surface area contributed by atoms with Crippen molar-refractivity contribution in [2.24, 2.45) is 17.8 Å². The van der Waals surface area contributed by atoms with Gasteiger partial charge in [-0.2, -0.15) is 0 Å². The standard InChI is InChI=1S/C21H23NO4S/c1-2-26-21(25)18-11-14-10-16(6-7-17(14)27-18)22-20(24)15-8-12-4-3-5-13(9-15)19(12)23/h6-7,10-13,15H,2-5,8-9H2,1H3,(H,22,24). The number of fused-ring (bicyclic) bond motifs is 3. The zero-order chi connectivity index (χ0) is 19.0. The Morgan fingerprint density at radius 1 is 1.19 bits per heavy atom. The van der Waals surface area contributed by atoms with Crippen molar-refractivity contribution in [3.63, 3.8) is 0 Å². The van der Waals surface area contributed by atoms with Crippen molar-refractivity contribution < 1.29 is 19.1 Å². The van der Waals surface area contributed by atoms with E-state index in [-0.39, 0.29) is 29.6 Å². The molecule has 142 valence electrons. The number of Topliss-reactive ketones (excluding diaryl/α,β-unsaturated/α-hetero) is 1. The molecule has 6 heteroatoms. The highest BCUT2D eigenvalue weighted by Crippen LogP contribution is 2.40. The number of nitrogens with one attached hydrogen (secondary N) is 1. The Kier molecular flexibility index (Phi) is 5.00. The van der Waals surface area contributed by atoms with Crippen LogP contribution in [-0.2, 0) is 14.3 Å². The maximum Gasteiger partial charge on any atom is 0.348 e. The molecule has 0 spiro atoms. The van der Waals surface area contributed by atoms with Gasteiger partial charge in [0.05, 0.1) is 6.61 Å². The quantitative estimate of drug-likeness (QED) is 0.791. The second-order valence-electron chi connectivity index (χ2n) is 7.47. The minimum Gasteiger partial charge on any atom is -0.462 e. The molecule has 1 amide bonds. The summed E-state index contributed by atoms with van der Waals surface area (Å²) >= 11 is 1.39. The summed E-state index contributed by atoms with van der Waals surface area (Å²) in [5.41, 5.74) is 0.725. The monoisotopic (exact) mass is 385 g/mol. The summed E-state index contributed by atoms with van der Waals surface area (Å²) in [6.07, 6.45) is 4.31. The molecule has 0 aliphatic heterocycles. The number of thiophene rings is 1. The SMILES string of the molecule is CCOC(=O)c1cc2cc(NC(=O)C3CC4CCCC(C3)C4=O)ccc2s1. The molecule has 1 aromatic carbocycles. The Bertz CT molecular complexity index is 887. The van der Waals surface area contributed by atoms with Crippen LogP contribution < -0.4 is 5.32 Å². The van der Waals surface area contributed by atoms with E-state index in [2.05, 4.69) is 5.32 Å². The second kappa shape index (κ2) is 7.43. The molecule has 2 atom stereocenters. The molecule has 4 rings (SSSR count). The molecule has 5 nitrogen and oxygen atoms in total. The van der Waals surface area contributed by atoms with Crippen LogP contribution in [0.2, 0.25) is 0 Å². The van der Waals surface area contributed by atoms with Crippen LogP contribution in [0.15, 0.2) is 24.3 Å². The topological polar surface area (TPSA) is 72.5 Å². The molecule has 1 heterocycles. The zero-order valence-electron chi connectivity index (χ0n) is 15.3. The molecule has 0 saturated heterocycles. The number of carbonyl (C=O) groups is 3. The number of esters is 1. The minimum atomic E-state index is -0.317. The highest BCUT2D eigenvalue weighted by atomic mass is 32.1. The largest absolute Gasteiger partial charge is 0.462 e. The Hall–Kier alpha value is -2.21. The molecule has 2 bridgehead atoms. The van der Waals surface area contributed by atoms with Crippen molar-refractivity contribution in [1.82, 2.24) is 0 Å². The number of carbonyl (C=O) groups excluding carboxylic acids is 3. The molecule has 2 aromatic rings. The molecule has 2 unspecified atom stereocenters. The predicted molar refractivity (Wildman–Crippen MR) is 105 cm³/mol. The van der Waals surface area contributed by atoms with Crippen LogP contribution in [0.3, 0.4) is 0 Å². The van der Waals surface area contributed by atoms with Gasteiger partial charge in [-0.25, -0.2) is 4.79 Å². The third-order valence-corrected chi connectivity index (χ3v) is 6.78. The number of hydrogen-bond donors (Lipinski definition) is 1. The average Bonchev–Trinajstić information content (AvgIpc) is 3.05. The van der Waals surface area contributed by atoms with E-state index in [1.807, 2.05) is 18.2 Å². The zero-order valence-corrected chi connectivity index (χ0v) is 16.1. The van der Waals surface area contributed by atoms with Gasteiger partial charge in [0.2, 0.25) is 5.91 Å². The summed E-state index contributed by atoms with van der Waals surface area (Å²) in [5, 5.41) is 3.92. The third kappa shape index (κ3) is 3.63. The van der Waals surface area contributed by atoms with Gasteiger partial charge >= 0.3 is 5.97 Å². The summed E-state index contributed by atoms with van der Waals surface area (Å²) in [6.45, 7) is 2.13. The lowest BCUT2D eigenvalue weighted by atomic mass is 9.67. The van der Waals surface area contributed by atoms with E-state index in [0.717, 1.165) is 35.0 Å². The smallest absolute Gasteiger partial charge is 0.348 e. The highest BCUT2D eigenvalue weighted by molar-refractivity contribution is 7.20. The Balaban J connectivity index is 1.47. The van der Waals surface area contributed by atoms with E-state index in [4.69, 9.17) is 4.74 Å². The maximum atomic E-state index is 12.7. The lowest BCUT2D eigenvalue weighted by molar-refractivity contribution is -0.136. The summed E-state index contributed by atoms with van der Waals surface area (Å²) in [4.78, 5) is 37.4. The van der Waals surface area contributed by atoms with E-state index >= 15 is 0 Å². The first-order valence-corrected chi connectivity index (χ1v) is 10.4. The summed E-state index contributed by atoms with van der Waals surface area (Å²) < 4.78 is 6.03.